The van der Waals surface area contributed by atoms with Crippen molar-refractivity contribution in [2.45, 2.75) is 13.0 Å². The van der Waals surface area contributed by atoms with E-state index in [1.807, 2.05) is 31.2 Å². The number of halogens is 1. The molecule has 2 N–H and O–H groups in total. The van der Waals surface area contributed by atoms with Gasteiger partial charge in [-0.05, 0) is 24.6 Å². The molecule has 0 unspecified atom stereocenters. The van der Waals surface area contributed by atoms with Crippen molar-refractivity contribution in [3.8, 4) is 0 Å². The predicted octanol–water partition coefficient (Wildman–Crippen LogP) is 1.86. The van der Waals surface area contributed by atoms with E-state index in [1.165, 1.54) is 0 Å². The lowest BCUT2D eigenvalue weighted by molar-refractivity contribution is -0.120. The van der Waals surface area contributed by atoms with Crippen LogP contribution in [-0.4, -0.2) is 32.7 Å². The largest absolute Gasteiger partial charge is 0.383 e. The van der Waals surface area contributed by atoms with Gasteiger partial charge in [-0.25, -0.2) is 0 Å². The smallest absolute Gasteiger partial charge is 0.234 e. The van der Waals surface area contributed by atoms with E-state index in [0.717, 1.165) is 10.0 Å². The summed E-state index contributed by atoms with van der Waals surface area (Å²) in [4.78, 5) is 11.5. The number of carbonyl (C=O) groups excluding carboxylic acids is 1. The Morgan fingerprint density at radius 1 is 1.50 bits per heavy atom. The molecule has 1 atom stereocenters. The van der Waals surface area contributed by atoms with Gasteiger partial charge in [0, 0.05) is 24.2 Å². The van der Waals surface area contributed by atoms with Crippen LogP contribution in [0.25, 0.3) is 0 Å². The standard InChI is InChI=1S/C13H19BrN2O2/c1-10(11-4-3-5-12(14)8-11)16-9-13(17)15-6-7-18-2/h3-5,8,10,16H,6-7,9H2,1-2H3,(H,15,17)/t10-/m0/s1. The molecule has 0 aliphatic carbocycles. The maximum atomic E-state index is 11.5. The van der Waals surface area contributed by atoms with Crippen LogP contribution in [-0.2, 0) is 9.53 Å². The number of hydrogen-bond donors (Lipinski definition) is 2. The summed E-state index contributed by atoms with van der Waals surface area (Å²) < 4.78 is 5.90. The van der Waals surface area contributed by atoms with E-state index in [9.17, 15) is 4.79 Å². The van der Waals surface area contributed by atoms with E-state index >= 15 is 0 Å². The number of amides is 1. The highest BCUT2D eigenvalue weighted by Crippen LogP contribution is 2.17. The third kappa shape index (κ3) is 5.62. The van der Waals surface area contributed by atoms with Gasteiger partial charge < -0.3 is 15.4 Å². The Morgan fingerprint density at radius 3 is 2.94 bits per heavy atom. The second-order valence-electron chi connectivity index (χ2n) is 4.00. The number of methoxy groups -OCH3 is 1. The average Bonchev–Trinajstić information content (AvgIpc) is 2.36. The molecule has 0 aliphatic heterocycles. The Hall–Kier alpha value is -0.910. The minimum atomic E-state index is -0.0195. The zero-order chi connectivity index (χ0) is 13.4. The highest BCUT2D eigenvalue weighted by Gasteiger charge is 2.07. The van der Waals surface area contributed by atoms with Crippen molar-refractivity contribution < 1.29 is 9.53 Å². The van der Waals surface area contributed by atoms with Crippen LogP contribution >= 0.6 is 15.9 Å². The van der Waals surface area contributed by atoms with Gasteiger partial charge in [-0.2, -0.15) is 0 Å². The van der Waals surface area contributed by atoms with Crippen LogP contribution < -0.4 is 10.6 Å². The summed E-state index contributed by atoms with van der Waals surface area (Å²) in [6, 6.07) is 8.17. The Bertz CT molecular complexity index is 385. The molecule has 0 saturated carbocycles. The van der Waals surface area contributed by atoms with Crippen LogP contribution in [0.2, 0.25) is 0 Å². The summed E-state index contributed by atoms with van der Waals surface area (Å²) in [7, 11) is 1.61. The van der Waals surface area contributed by atoms with Gasteiger partial charge in [-0.1, -0.05) is 28.1 Å². The molecule has 100 valence electrons. The molecule has 1 amide bonds. The fourth-order valence-corrected chi connectivity index (χ4v) is 1.91. The molecule has 1 rings (SSSR count). The molecule has 1 aromatic rings. The van der Waals surface area contributed by atoms with Crippen LogP contribution in [0.15, 0.2) is 28.7 Å². The lowest BCUT2D eigenvalue weighted by Crippen LogP contribution is -2.36. The molecule has 0 spiro atoms. The summed E-state index contributed by atoms with van der Waals surface area (Å²) in [5.41, 5.74) is 1.15. The van der Waals surface area contributed by atoms with Crippen molar-refractivity contribution in [3.05, 3.63) is 34.3 Å². The van der Waals surface area contributed by atoms with E-state index in [-0.39, 0.29) is 11.9 Å². The first kappa shape index (κ1) is 15.1. The Morgan fingerprint density at radius 2 is 2.28 bits per heavy atom. The van der Waals surface area contributed by atoms with Crippen LogP contribution in [0.4, 0.5) is 0 Å². The van der Waals surface area contributed by atoms with Crippen molar-refractivity contribution in [1.82, 2.24) is 10.6 Å². The Kier molecular flexibility index (Phi) is 6.93. The van der Waals surface area contributed by atoms with Gasteiger partial charge in [0.15, 0.2) is 0 Å². The van der Waals surface area contributed by atoms with E-state index in [2.05, 4.69) is 26.6 Å². The van der Waals surface area contributed by atoms with Gasteiger partial charge >= 0.3 is 0 Å². The van der Waals surface area contributed by atoms with Gasteiger partial charge in [0.1, 0.15) is 0 Å². The van der Waals surface area contributed by atoms with Gasteiger partial charge in [0.2, 0.25) is 5.91 Å². The number of rotatable bonds is 7. The third-order valence-electron chi connectivity index (χ3n) is 2.55. The second kappa shape index (κ2) is 8.24. The normalized spacial score (nSPS) is 12.2. The number of benzene rings is 1. The minimum Gasteiger partial charge on any atom is -0.383 e. The van der Waals surface area contributed by atoms with Crippen molar-refractivity contribution in [3.63, 3.8) is 0 Å². The van der Waals surface area contributed by atoms with Gasteiger partial charge in [-0.15, -0.1) is 0 Å². The summed E-state index contributed by atoms with van der Waals surface area (Å²) >= 11 is 3.43. The first-order valence-corrected chi connectivity index (χ1v) is 6.67. The van der Waals surface area contributed by atoms with Crippen LogP contribution in [0.1, 0.15) is 18.5 Å². The van der Waals surface area contributed by atoms with Crippen molar-refractivity contribution in [1.29, 1.82) is 0 Å². The van der Waals surface area contributed by atoms with Crippen LogP contribution in [0, 0.1) is 0 Å². The topological polar surface area (TPSA) is 50.4 Å². The molecule has 5 heteroatoms. The maximum Gasteiger partial charge on any atom is 0.234 e. The Balaban J connectivity index is 2.32. The second-order valence-corrected chi connectivity index (χ2v) is 4.92. The summed E-state index contributed by atoms with van der Waals surface area (Å²) in [6.45, 7) is 3.41. The van der Waals surface area contributed by atoms with Crippen molar-refractivity contribution >= 4 is 21.8 Å². The quantitative estimate of drug-likeness (QED) is 0.755. The number of hydrogen-bond acceptors (Lipinski definition) is 3. The van der Waals surface area contributed by atoms with Crippen LogP contribution in [0.3, 0.4) is 0 Å². The summed E-state index contributed by atoms with van der Waals surface area (Å²) in [6.07, 6.45) is 0. The zero-order valence-electron chi connectivity index (χ0n) is 10.7. The van der Waals surface area contributed by atoms with Crippen molar-refractivity contribution in [2.75, 3.05) is 26.8 Å². The van der Waals surface area contributed by atoms with Gasteiger partial charge in [-0.3, -0.25) is 4.79 Å². The molecule has 4 nitrogen and oxygen atoms in total. The molecule has 18 heavy (non-hydrogen) atoms. The van der Waals surface area contributed by atoms with E-state index < -0.39 is 0 Å². The predicted molar refractivity (Wildman–Crippen MR) is 75.4 cm³/mol. The van der Waals surface area contributed by atoms with E-state index in [0.29, 0.717) is 19.7 Å². The first-order valence-electron chi connectivity index (χ1n) is 5.88. The molecule has 0 heterocycles. The molecule has 0 aromatic heterocycles. The van der Waals surface area contributed by atoms with E-state index in [4.69, 9.17) is 4.74 Å². The lowest BCUT2D eigenvalue weighted by atomic mass is 10.1. The molecule has 0 radical (unpaired) electrons. The third-order valence-corrected chi connectivity index (χ3v) is 3.04. The molecular formula is C13H19BrN2O2. The number of ether oxygens (including phenoxy) is 1. The monoisotopic (exact) mass is 314 g/mol. The molecule has 1 aromatic carbocycles. The van der Waals surface area contributed by atoms with Gasteiger partial charge in [0.05, 0.1) is 13.2 Å². The van der Waals surface area contributed by atoms with Gasteiger partial charge in [0.25, 0.3) is 0 Å². The highest BCUT2D eigenvalue weighted by molar-refractivity contribution is 9.10. The number of carbonyl (C=O) groups is 1. The summed E-state index contributed by atoms with van der Waals surface area (Å²) in [5, 5.41) is 5.95. The average molecular weight is 315 g/mol. The SMILES string of the molecule is COCCNC(=O)CN[C@@H](C)c1cccc(Br)c1. The minimum absolute atomic E-state index is 0.0195. The fraction of sp³-hybridized carbons (Fsp3) is 0.462. The van der Waals surface area contributed by atoms with E-state index in [1.54, 1.807) is 7.11 Å². The zero-order valence-corrected chi connectivity index (χ0v) is 12.3. The molecular weight excluding hydrogens is 296 g/mol. The lowest BCUT2D eigenvalue weighted by Gasteiger charge is -2.14. The highest BCUT2D eigenvalue weighted by atomic mass is 79.9. The molecule has 0 aliphatic rings. The van der Waals surface area contributed by atoms with Crippen LogP contribution in [0.5, 0.6) is 0 Å². The molecule has 0 bridgehead atoms. The molecule has 0 saturated heterocycles. The maximum absolute atomic E-state index is 11.5. The summed E-state index contributed by atoms with van der Waals surface area (Å²) in [5.74, 6) is -0.0195. The Labute approximate surface area is 116 Å². The number of nitrogens with one attached hydrogen (secondary N) is 2. The first-order chi connectivity index (χ1) is 8.63. The van der Waals surface area contributed by atoms with Crippen molar-refractivity contribution in [2.24, 2.45) is 0 Å². The fourth-order valence-electron chi connectivity index (χ4n) is 1.49. The molecule has 0 fully saturated rings.